The highest BCUT2D eigenvalue weighted by molar-refractivity contribution is 6.30. The molecule has 5 heteroatoms. The summed E-state index contributed by atoms with van der Waals surface area (Å²) < 4.78 is 10.4. The molecule has 2 aromatic rings. The first-order valence-corrected chi connectivity index (χ1v) is 7.14. The van der Waals surface area contributed by atoms with Gasteiger partial charge in [0.2, 0.25) is 0 Å². The Bertz CT molecular complexity index is 650. The molecule has 0 aromatic heterocycles. The zero-order chi connectivity index (χ0) is 16.1. The number of benzene rings is 2. The lowest BCUT2D eigenvalue weighted by Crippen LogP contribution is -2.26. The smallest absolute Gasteiger partial charge is 0.254 e. The summed E-state index contributed by atoms with van der Waals surface area (Å²) in [4.78, 5) is 14.2. The number of methoxy groups -OCH3 is 2. The van der Waals surface area contributed by atoms with E-state index in [4.69, 9.17) is 21.1 Å². The largest absolute Gasteiger partial charge is 0.497 e. The predicted molar refractivity (Wildman–Crippen MR) is 86.8 cm³/mol. The van der Waals surface area contributed by atoms with Crippen molar-refractivity contribution in [3.05, 3.63) is 58.6 Å². The molecule has 0 atom stereocenters. The molecule has 0 heterocycles. The number of ether oxygens (including phenoxy) is 2. The molecular formula is C17H18ClNO3. The maximum absolute atomic E-state index is 12.6. The number of carbonyl (C=O) groups excluding carboxylic acids is 1. The number of halogens is 1. The van der Waals surface area contributed by atoms with Crippen LogP contribution < -0.4 is 9.47 Å². The van der Waals surface area contributed by atoms with Crippen molar-refractivity contribution in [3.63, 3.8) is 0 Å². The van der Waals surface area contributed by atoms with Gasteiger partial charge in [-0.15, -0.1) is 0 Å². The molecule has 4 nitrogen and oxygen atoms in total. The van der Waals surface area contributed by atoms with Crippen molar-refractivity contribution in [2.45, 2.75) is 6.54 Å². The molecule has 22 heavy (non-hydrogen) atoms. The first-order chi connectivity index (χ1) is 10.5. The van der Waals surface area contributed by atoms with E-state index in [1.54, 1.807) is 50.4 Å². The summed E-state index contributed by atoms with van der Waals surface area (Å²) in [7, 11) is 4.85. The Balaban J connectivity index is 2.19. The second-order valence-electron chi connectivity index (χ2n) is 4.89. The lowest BCUT2D eigenvalue weighted by atomic mass is 10.1. The molecule has 2 aromatic carbocycles. The minimum Gasteiger partial charge on any atom is -0.497 e. The van der Waals surface area contributed by atoms with Gasteiger partial charge in [0, 0.05) is 30.2 Å². The van der Waals surface area contributed by atoms with Crippen molar-refractivity contribution in [2.24, 2.45) is 0 Å². The van der Waals surface area contributed by atoms with Crippen LogP contribution in [0.4, 0.5) is 0 Å². The summed E-state index contributed by atoms with van der Waals surface area (Å²) >= 11 is 5.97. The molecular weight excluding hydrogens is 302 g/mol. The minimum absolute atomic E-state index is 0.114. The fraction of sp³-hybridized carbons (Fsp3) is 0.235. The molecule has 0 radical (unpaired) electrons. The van der Waals surface area contributed by atoms with Crippen LogP contribution in [-0.4, -0.2) is 32.1 Å². The van der Waals surface area contributed by atoms with Crippen LogP contribution in [0.1, 0.15) is 15.9 Å². The van der Waals surface area contributed by atoms with Gasteiger partial charge in [0.05, 0.1) is 14.2 Å². The summed E-state index contributed by atoms with van der Waals surface area (Å²) in [5.74, 6) is 1.05. The molecule has 0 aliphatic carbocycles. The van der Waals surface area contributed by atoms with E-state index in [2.05, 4.69) is 0 Å². The van der Waals surface area contributed by atoms with E-state index in [0.717, 1.165) is 5.56 Å². The van der Waals surface area contributed by atoms with Crippen LogP contribution in [0.5, 0.6) is 11.5 Å². The molecule has 0 spiro atoms. The summed E-state index contributed by atoms with van der Waals surface area (Å²) in [6.45, 7) is 0.471. The first-order valence-electron chi connectivity index (χ1n) is 6.76. The van der Waals surface area contributed by atoms with E-state index < -0.39 is 0 Å². The van der Waals surface area contributed by atoms with Gasteiger partial charge in [0.1, 0.15) is 11.5 Å². The highest BCUT2D eigenvalue weighted by Crippen LogP contribution is 2.23. The van der Waals surface area contributed by atoms with E-state index in [9.17, 15) is 4.79 Å². The molecule has 1 amide bonds. The van der Waals surface area contributed by atoms with Gasteiger partial charge in [-0.2, -0.15) is 0 Å². The number of hydrogen-bond donors (Lipinski definition) is 0. The zero-order valence-corrected chi connectivity index (χ0v) is 13.6. The van der Waals surface area contributed by atoms with Gasteiger partial charge in [-0.3, -0.25) is 4.79 Å². The molecule has 2 rings (SSSR count). The Hall–Kier alpha value is -2.20. The molecule has 0 saturated heterocycles. The van der Waals surface area contributed by atoms with E-state index in [1.807, 2.05) is 18.2 Å². The summed E-state index contributed by atoms with van der Waals surface area (Å²) in [6, 6.07) is 12.6. The summed E-state index contributed by atoms with van der Waals surface area (Å²) in [5, 5.41) is 0.654. The lowest BCUT2D eigenvalue weighted by Gasteiger charge is -2.18. The number of hydrogen-bond acceptors (Lipinski definition) is 3. The predicted octanol–water partition coefficient (Wildman–Crippen LogP) is 3.63. The standard InChI is InChI=1S/C17H18ClNO3/c1-19(11-12-5-4-6-14(18)7-12)17(20)13-8-15(21-2)10-16(9-13)22-3/h4-10H,11H2,1-3H3. The molecule has 0 aliphatic rings. The molecule has 0 bridgehead atoms. The quantitative estimate of drug-likeness (QED) is 0.844. The van der Waals surface area contributed by atoms with Crippen LogP contribution in [0.25, 0.3) is 0 Å². The molecule has 0 saturated carbocycles. The second-order valence-corrected chi connectivity index (χ2v) is 5.33. The maximum atomic E-state index is 12.6. The van der Waals surface area contributed by atoms with Crippen LogP contribution in [-0.2, 0) is 6.54 Å². The van der Waals surface area contributed by atoms with E-state index in [0.29, 0.717) is 28.6 Å². The van der Waals surface area contributed by atoms with Crippen LogP contribution in [0.3, 0.4) is 0 Å². The van der Waals surface area contributed by atoms with Gasteiger partial charge in [0.25, 0.3) is 5.91 Å². The number of nitrogens with zero attached hydrogens (tertiary/aromatic N) is 1. The van der Waals surface area contributed by atoms with E-state index >= 15 is 0 Å². The monoisotopic (exact) mass is 319 g/mol. The highest BCUT2D eigenvalue weighted by Gasteiger charge is 2.15. The lowest BCUT2D eigenvalue weighted by molar-refractivity contribution is 0.0784. The van der Waals surface area contributed by atoms with Crippen LogP contribution in [0.15, 0.2) is 42.5 Å². The average Bonchev–Trinajstić information content (AvgIpc) is 2.53. The van der Waals surface area contributed by atoms with Crippen molar-refractivity contribution < 1.29 is 14.3 Å². The topological polar surface area (TPSA) is 38.8 Å². The van der Waals surface area contributed by atoms with Gasteiger partial charge in [-0.1, -0.05) is 23.7 Å². The molecule has 116 valence electrons. The molecule has 0 fully saturated rings. The highest BCUT2D eigenvalue weighted by atomic mass is 35.5. The third kappa shape index (κ3) is 3.92. The molecule has 0 aliphatic heterocycles. The van der Waals surface area contributed by atoms with Gasteiger partial charge in [0.15, 0.2) is 0 Å². The Morgan fingerprint density at radius 2 is 1.73 bits per heavy atom. The van der Waals surface area contributed by atoms with Crippen molar-refractivity contribution in [1.29, 1.82) is 0 Å². The van der Waals surface area contributed by atoms with Gasteiger partial charge < -0.3 is 14.4 Å². The summed E-state index contributed by atoms with van der Waals surface area (Å²) in [5.41, 5.74) is 1.49. The van der Waals surface area contributed by atoms with E-state index in [1.165, 1.54) is 0 Å². The zero-order valence-electron chi connectivity index (χ0n) is 12.8. The SMILES string of the molecule is COc1cc(OC)cc(C(=O)N(C)Cc2cccc(Cl)c2)c1. The van der Waals surface area contributed by atoms with Gasteiger partial charge in [-0.25, -0.2) is 0 Å². The Labute approximate surface area is 135 Å². The molecule has 0 N–H and O–H groups in total. The maximum Gasteiger partial charge on any atom is 0.254 e. The van der Waals surface area contributed by atoms with Crippen molar-refractivity contribution >= 4 is 17.5 Å². The van der Waals surface area contributed by atoms with Crippen molar-refractivity contribution in [3.8, 4) is 11.5 Å². The number of rotatable bonds is 5. The third-order valence-electron chi connectivity index (χ3n) is 3.25. The first kappa shape index (κ1) is 16.2. The van der Waals surface area contributed by atoms with Crippen LogP contribution >= 0.6 is 11.6 Å². The Morgan fingerprint density at radius 3 is 2.27 bits per heavy atom. The molecule has 0 unspecified atom stereocenters. The van der Waals surface area contributed by atoms with E-state index in [-0.39, 0.29) is 5.91 Å². The fourth-order valence-electron chi connectivity index (χ4n) is 2.13. The minimum atomic E-state index is -0.114. The van der Waals surface area contributed by atoms with Crippen molar-refractivity contribution in [2.75, 3.05) is 21.3 Å². The summed E-state index contributed by atoms with van der Waals surface area (Å²) in [6.07, 6.45) is 0. The van der Waals surface area contributed by atoms with Crippen LogP contribution in [0, 0.1) is 0 Å². The van der Waals surface area contributed by atoms with Crippen molar-refractivity contribution in [1.82, 2.24) is 4.90 Å². The average molecular weight is 320 g/mol. The number of amides is 1. The Kier molecular flexibility index (Phi) is 5.28. The third-order valence-corrected chi connectivity index (χ3v) is 3.49. The normalized spacial score (nSPS) is 10.2. The second kappa shape index (κ2) is 7.18. The van der Waals surface area contributed by atoms with Gasteiger partial charge >= 0.3 is 0 Å². The fourth-order valence-corrected chi connectivity index (χ4v) is 2.35. The van der Waals surface area contributed by atoms with Gasteiger partial charge in [-0.05, 0) is 29.8 Å². The van der Waals surface area contributed by atoms with Crippen LogP contribution in [0.2, 0.25) is 5.02 Å². The Morgan fingerprint density at radius 1 is 1.09 bits per heavy atom. The number of carbonyl (C=O) groups is 1.